The molecule has 0 unspecified atom stereocenters. The van der Waals surface area contributed by atoms with Crippen molar-refractivity contribution in [3.8, 4) is 0 Å². The first-order chi connectivity index (χ1) is 8.22. The summed E-state index contributed by atoms with van der Waals surface area (Å²) < 4.78 is 1.86. The number of rotatable bonds is 5. The lowest BCUT2D eigenvalue weighted by atomic mass is 10.0. The highest BCUT2D eigenvalue weighted by Gasteiger charge is 2.15. The van der Waals surface area contributed by atoms with E-state index in [1.54, 1.807) is 0 Å². The molecule has 1 aromatic heterocycles. The van der Waals surface area contributed by atoms with Gasteiger partial charge in [0.25, 0.3) is 0 Å². The number of nitrogens with zero attached hydrogens (tertiary/aromatic N) is 2. The summed E-state index contributed by atoms with van der Waals surface area (Å²) in [7, 11) is 1.95. The summed E-state index contributed by atoms with van der Waals surface area (Å²) in [6.45, 7) is 3.10. The average molecular weight is 236 g/mol. The molecular weight excluding hydrogens is 212 g/mol. The zero-order chi connectivity index (χ0) is 12.3. The maximum Gasteiger partial charge on any atom is 0.147 e. The van der Waals surface area contributed by atoms with Crippen molar-refractivity contribution in [2.24, 2.45) is 13.0 Å². The van der Waals surface area contributed by atoms with Crippen molar-refractivity contribution >= 4 is 11.5 Å². The van der Waals surface area contributed by atoms with Crippen LogP contribution in [-0.2, 0) is 13.5 Å². The van der Waals surface area contributed by atoms with Crippen molar-refractivity contribution in [2.75, 3.05) is 17.6 Å². The summed E-state index contributed by atoms with van der Waals surface area (Å²) in [4.78, 5) is 0. The molecule has 0 bridgehead atoms. The van der Waals surface area contributed by atoms with E-state index in [2.05, 4.69) is 17.3 Å². The second-order valence-electron chi connectivity index (χ2n) is 5.05. The van der Waals surface area contributed by atoms with Crippen molar-refractivity contribution in [2.45, 2.75) is 45.4 Å². The summed E-state index contributed by atoms with van der Waals surface area (Å²) in [6.07, 6.45) is 7.79. The van der Waals surface area contributed by atoms with Gasteiger partial charge in [0, 0.05) is 13.6 Å². The fourth-order valence-corrected chi connectivity index (χ4v) is 2.76. The topological polar surface area (TPSA) is 55.9 Å². The monoisotopic (exact) mass is 236 g/mol. The van der Waals surface area contributed by atoms with Gasteiger partial charge in [0.1, 0.15) is 5.82 Å². The van der Waals surface area contributed by atoms with E-state index < -0.39 is 0 Å². The third-order valence-corrected chi connectivity index (χ3v) is 3.82. The molecule has 0 saturated heterocycles. The van der Waals surface area contributed by atoms with Crippen molar-refractivity contribution in [1.82, 2.24) is 9.78 Å². The quantitative estimate of drug-likeness (QED) is 0.826. The number of anilines is 2. The Labute approximate surface area is 104 Å². The zero-order valence-corrected chi connectivity index (χ0v) is 11.0. The summed E-state index contributed by atoms with van der Waals surface area (Å²) in [5.74, 6) is 1.91. The van der Waals surface area contributed by atoms with Crippen LogP contribution in [0.15, 0.2) is 0 Å². The third kappa shape index (κ3) is 2.73. The van der Waals surface area contributed by atoms with E-state index in [9.17, 15) is 0 Å². The molecule has 17 heavy (non-hydrogen) atoms. The van der Waals surface area contributed by atoms with E-state index in [-0.39, 0.29) is 0 Å². The standard InChI is InChI=1S/C13H24N4/c1-3-11-12(14)13(17(2)16-11)15-9-8-10-6-4-5-7-10/h10,15H,3-9,14H2,1-2H3. The van der Waals surface area contributed by atoms with Gasteiger partial charge in [-0.05, 0) is 18.8 Å². The van der Waals surface area contributed by atoms with Crippen LogP contribution in [0.5, 0.6) is 0 Å². The SMILES string of the molecule is CCc1nn(C)c(NCCC2CCCC2)c1N. The molecule has 2 rings (SSSR count). The molecule has 4 heteroatoms. The molecule has 1 heterocycles. The van der Waals surface area contributed by atoms with Crippen LogP contribution < -0.4 is 11.1 Å². The minimum atomic E-state index is 0.821. The van der Waals surface area contributed by atoms with Gasteiger partial charge in [-0.15, -0.1) is 0 Å². The first-order valence-electron chi connectivity index (χ1n) is 6.77. The van der Waals surface area contributed by atoms with Crippen LogP contribution in [0.25, 0.3) is 0 Å². The van der Waals surface area contributed by atoms with Gasteiger partial charge in [-0.25, -0.2) is 0 Å². The van der Waals surface area contributed by atoms with Crippen LogP contribution in [0.2, 0.25) is 0 Å². The Kier molecular flexibility index (Phi) is 3.92. The van der Waals surface area contributed by atoms with Crippen molar-refractivity contribution in [3.63, 3.8) is 0 Å². The molecule has 1 saturated carbocycles. The van der Waals surface area contributed by atoms with Gasteiger partial charge in [-0.2, -0.15) is 5.10 Å². The van der Waals surface area contributed by atoms with Gasteiger partial charge in [-0.1, -0.05) is 32.6 Å². The van der Waals surface area contributed by atoms with Crippen LogP contribution in [0, 0.1) is 5.92 Å². The first kappa shape index (κ1) is 12.3. The highest BCUT2D eigenvalue weighted by atomic mass is 15.3. The van der Waals surface area contributed by atoms with Crippen molar-refractivity contribution in [3.05, 3.63) is 5.69 Å². The average Bonchev–Trinajstić information content (AvgIpc) is 2.91. The van der Waals surface area contributed by atoms with Gasteiger partial charge >= 0.3 is 0 Å². The Bertz CT molecular complexity index is 364. The van der Waals surface area contributed by atoms with E-state index in [0.29, 0.717) is 0 Å². The fraction of sp³-hybridized carbons (Fsp3) is 0.769. The van der Waals surface area contributed by atoms with E-state index in [0.717, 1.165) is 36.1 Å². The highest BCUT2D eigenvalue weighted by Crippen LogP contribution is 2.28. The Morgan fingerprint density at radius 3 is 2.71 bits per heavy atom. The number of aromatic nitrogens is 2. The smallest absolute Gasteiger partial charge is 0.147 e. The van der Waals surface area contributed by atoms with Crippen LogP contribution in [0.1, 0.15) is 44.7 Å². The summed E-state index contributed by atoms with van der Waals surface area (Å²) in [5.41, 5.74) is 7.88. The van der Waals surface area contributed by atoms with Gasteiger partial charge in [0.15, 0.2) is 0 Å². The summed E-state index contributed by atoms with van der Waals surface area (Å²) >= 11 is 0. The number of nitrogens with one attached hydrogen (secondary N) is 1. The fourth-order valence-electron chi connectivity index (χ4n) is 2.76. The van der Waals surface area contributed by atoms with E-state index in [4.69, 9.17) is 5.73 Å². The molecular formula is C13H24N4. The Balaban J connectivity index is 1.87. The molecule has 0 spiro atoms. The lowest BCUT2D eigenvalue weighted by Gasteiger charge is -2.11. The van der Waals surface area contributed by atoms with Crippen LogP contribution in [0.3, 0.4) is 0 Å². The molecule has 0 radical (unpaired) electrons. The van der Waals surface area contributed by atoms with Crippen LogP contribution in [0.4, 0.5) is 11.5 Å². The number of nitrogens with two attached hydrogens (primary N) is 1. The third-order valence-electron chi connectivity index (χ3n) is 3.82. The number of hydrogen-bond acceptors (Lipinski definition) is 3. The normalized spacial score (nSPS) is 16.6. The Morgan fingerprint density at radius 2 is 2.12 bits per heavy atom. The molecule has 0 amide bonds. The number of nitrogen functional groups attached to an aromatic ring is 1. The van der Waals surface area contributed by atoms with Gasteiger partial charge in [0.05, 0.1) is 11.4 Å². The molecule has 3 N–H and O–H groups in total. The van der Waals surface area contributed by atoms with Gasteiger partial charge < -0.3 is 11.1 Å². The Hall–Kier alpha value is -1.19. The van der Waals surface area contributed by atoms with Gasteiger partial charge in [-0.3, -0.25) is 4.68 Å². The molecule has 0 aromatic carbocycles. The first-order valence-corrected chi connectivity index (χ1v) is 6.77. The number of aryl methyl sites for hydroxylation is 2. The van der Waals surface area contributed by atoms with E-state index in [1.165, 1.54) is 32.1 Å². The lowest BCUT2D eigenvalue weighted by molar-refractivity contribution is 0.517. The molecule has 4 nitrogen and oxygen atoms in total. The molecule has 1 aliphatic rings. The molecule has 1 aromatic rings. The number of hydrogen-bond donors (Lipinski definition) is 2. The van der Waals surface area contributed by atoms with Crippen molar-refractivity contribution < 1.29 is 0 Å². The molecule has 96 valence electrons. The van der Waals surface area contributed by atoms with Crippen LogP contribution in [-0.4, -0.2) is 16.3 Å². The highest BCUT2D eigenvalue weighted by molar-refractivity contribution is 5.64. The largest absolute Gasteiger partial charge is 0.394 e. The lowest BCUT2D eigenvalue weighted by Crippen LogP contribution is -2.10. The van der Waals surface area contributed by atoms with E-state index in [1.807, 2.05) is 11.7 Å². The van der Waals surface area contributed by atoms with E-state index >= 15 is 0 Å². The van der Waals surface area contributed by atoms with Crippen molar-refractivity contribution in [1.29, 1.82) is 0 Å². The Morgan fingerprint density at radius 1 is 1.41 bits per heavy atom. The minimum absolute atomic E-state index is 0.821. The predicted octanol–water partition coefficient (Wildman–Crippen LogP) is 2.56. The molecule has 0 atom stereocenters. The summed E-state index contributed by atoms with van der Waals surface area (Å²) in [5, 5.41) is 7.85. The van der Waals surface area contributed by atoms with Crippen LogP contribution >= 0.6 is 0 Å². The maximum atomic E-state index is 6.06. The minimum Gasteiger partial charge on any atom is -0.394 e. The second-order valence-corrected chi connectivity index (χ2v) is 5.05. The summed E-state index contributed by atoms with van der Waals surface area (Å²) in [6, 6.07) is 0. The molecule has 0 aliphatic heterocycles. The maximum absolute atomic E-state index is 6.06. The van der Waals surface area contributed by atoms with Gasteiger partial charge in [0.2, 0.25) is 0 Å². The second kappa shape index (κ2) is 5.43. The predicted molar refractivity (Wildman–Crippen MR) is 72.1 cm³/mol. The molecule has 1 fully saturated rings. The zero-order valence-electron chi connectivity index (χ0n) is 11.0. The molecule has 1 aliphatic carbocycles.